The van der Waals surface area contributed by atoms with Crippen molar-refractivity contribution in [1.29, 1.82) is 0 Å². The maximum Gasteiger partial charge on any atom is 0.157 e. The minimum atomic E-state index is 0.0862. The Morgan fingerprint density at radius 1 is 0.750 bits per heavy atom. The molecule has 2 aliphatic carbocycles. The average Bonchev–Trinajstić information content (AvgIpc) is 3.26. The lowest BCUT2D eigenvalue weighted by atomic mass is 9.69. The monoisotopic (exact) mass is 406 g/mol. The Hall–Kier alpha value is -0.770. The van der Waals surface area contributed by atoms with Crippen LogP contribution in [0.4, 0.5) is 0 Å². The number of hydrogen-bond acceptors (Lipinski definition) is 3. The minimum absolute atomic E-state index is 0.0862. The van der Waals surface area contributed by atoms with Gasteiger partial charge in [-0.2, -0.15) is 0 Å². The zero-order valence-corrected chi connectivity index (χ0v) is 17.7. The van der Waals surface area contributed by atoms with Gasteiger partial charge in [0.15, 0.2) is 6.29 Å². The second-order valence-corrected chi connectivity index (χ2v) is 9.51. The van der Waals surface area contributed by atoms with Crippen LogP contribution in [0.2, 0.25) is 5.02 Å². The molecule has 0 N–H and O–H groups in total. The average molecular weight is 407 g/mol. The van der Waals surface area contributed by atoms with Gasteiger partial charge in [0.1, 0.15) is 5.75 Å². The number of hydrogen-bond donors (Lipinski definition) is 0. The lowest BCUT2D eigenvalue weighted by Gasteiger charge is -2.38. The summed E-state index contributed by atoms with van der Waals surface area (Å²) in [4.78, 5) is 0. The fourth-order valence-corrected chi connectivity index (χ4v) is 5.59. The van der Waals surface area contributed by atoms with Crippen molar-refractivity contribution in [1.82, 2.24) is 0 Å². The molecule has 1 saturated heterocycles. The van der Waals surface area contributed by atoms with Crippen LogP contribution in [-0.2, 0) is 9.47 Å². The summed E-state index contributed by atoms with van der Waals surface area (Å²) < 4.78 is 17.2. The molecule has 0 atom stereocenters. The van der Waals surface area contributed by atoms with Gasteiger partial charge in [-0.15, -0.1) is 0 Å². The molecule has 3 aliphatic rings. The highest BCUT2D eigenvalue weighted by Crippen LogP contribution is 2.42. The molecule has 1 aromatic rings. The van der Waals surface area contributed by atoms with Gasteiger partial charge in [-0.05, 0) is 99.3 Å². The summed E-state index contributed by atoms with van der Waals surface area (Å²) in [6.07, 6.45) is 13.6. The minimum Gasteiger partial charge on any atom is -0.493 e. The molecule has 0 unspecified atom stereocenters. The molecule has 156 valence electrons. The molecule has 0 radical (unpaired) electrons. The summed E-state index contributed by atoms with van der Waals surface area (Å²) in [6, 6.07) is 7.74. The maximum absolute atomic E-state index is 5.99. The number of rotatable bonds is 7. The molecule has 3 nitrogen and oxygen atoms in total. The molecule has 1 heterocycles. The van der Waals surface area contributed by atoms with Crippen LogP contribution in [0.3, 0.4) is 0 Å². The lowest BCUT2D eigenvalue weighted by molar-refractivity contribution is -0.0514. The highest BCUT2D eigenvalue weighted by Gasteiger charge is 2.31. The van der Waals surface area contributed by atoms with Crippen LogP contribution in [0, 0.1) is 23.7 Å². The van der Waals surface area contributed by atoms with Gasteiger partial charge in [0.2, 0.25) is 0 Å². The van der Waals surface area contributed by atoms with Gasteiger partial charge in [0.25, 0.3) is 0 Å². The molecule has 3 fully saturated rings. The van der Waals surface area contributed by atoms with Crippen molar-refractivity contribution in [3.05, 3.63) is 29.3 Å². The van der Waals surface area contributed by atoms with Crippen molar-refractivity contribution in [2.75, 3.05) is 19.8 Å². The summed E-state index contributed by atoms with van der Waals surface area (Å²) in [5.41, 5.74) is 0. The molecule has 4 rings (SSSR count). The first-order valence-corrected chi connectivity index (χ1v) is 11.8. The van der Waals surface area contributed by atoms with Gasteiger partial charge in [0, 0.05) is 5.02 Å². The summed E-state index contributed by atoms with van der Waals surface area (Å²) in [6.45, 7) is 2.42. The molecule has 0 aromatic heterocycles. The second-order valence-electron chi connectivity index (χ2n) is 9.08. The van der Waals surface area contributed by atoms with E-state index in [0.29, 0.717) is 0 Å². The third-order valence-corrected chi connectivity index (χ3v) is 7.50. The molecular formula is C24H35ClO3. The van der Waals surface area contributed by atoms with Gasteiger partial charge in [-0.1, -0.05) is 24.4 Å². The van der Waals surface area contributed by atoms with Crippen LogP contribution in [0.15, 0.2) is 24.3 Å². The normalized spacial score (nSPS) is 31.8. The van der Waals surface area contributed by atoms with Crippen molar-refractivity contribution in [3.63, 3.8) is 0 Å². The van der Waals surface area contributed by atoms with Gasteiger partial charge < -0.3 is 14.2 Å². The molecule has 0 bridgehead atoms. The third-order valence-electron chi connectivity index (χ3n) is 7.25. The van der Waals surface area contributed by atoms with E-state index in [2.05, 4.69) is 0 Å². The second kappa shape index (κ2) is 10.3. The predicted octanol–water partition coefficient (Wildman–Crippen LogP) is 6.48. The van der Waals surface area contributed by atoms with Crippen molar-refractivity contribution >= 4 is 11.6 Å². The van der Waals surface area contributed by atoms with Gasteiger partial charge >= 0.3 is 0 Å². The van der Waals surface area contributed by atoms with Crippen LogP contribution in [0.1, 0.15) is 64.2 Å². The number of ether oxygens (including phenoxy) is 3. The van der Waals surface area contributed by atoms with Gasteiger partial charge in [-0.3, -0.25) is 0 Å². The Labute approximate surface area is 175 Å². The van der Waals surface area contributed by atoms with E-state index >= 15 is 0 Å². The molecule has 4 heteroatoms. The first kappa shape index (κ1) is 20.5. The first-order valence-electron chi connectivity index (χ1n) is 11.4. The van der Waals surface area contributed by atoms with E-state index in [4.69, 9.17) is 25.8 Å². The lowest BCUT2D eigenvalue weighted by Crippen LogP contribution is -2.27. The number of benzene rings is 1. The van der Waals surface area contributed by atoms with Crippen LogP contribution < -0.4 is 4.74 Å². The quantitative estimate of drug-likeness (QED) is 0.518. The van der Waals surface area contributed by atoms with Crippen molar-refractivity contribution in [2.45, 2.75) is 70.5 Å². The maximum atomic E-state index is 5.99. The standard InChI is InChI=1S/C24H35ClO3/c25-22-10-12-23(13-11-22)28-17-19-3-8-21(9-4-19)20-6-1-18(2-7-20)5-14-24-26-15-16-27-24/h10-13,18-21,24H,1-9,14-17H2. The third kappa shape index (κ3) is 5.87. The Kier molecular flexibility index (Phi) is 7.55. The van der Waals surface area contributed by atoms with E-state index in [0.717, 1.165) is 60.7 Å². The van der Waals surface area contributed by atoms with Crippen molar-refractivity contribution < 1.29 is 14.2 Å². The van der Waals surface area contributed by atoms with E-state index in [1.54, 1.807) is 0 Å². The van der Waals surface area contributed by atoms with Crippen LogP contribution in [0.5, 0.6) is 5.75 Å². The highest BCUT2D eigenvalue weighted by atomic mass is 35.5. The molecule has 1 aliphatic heterocycles. The zero-order chi connectivity index (χ0) is 19.2. The first-order chi connectivity index (χ1) is 13.8. The summed E-state index contributed by atoms with van der Waals surface area (Å²) >= 11 is 5.94. The van der Waals surface area contributed by atoms with Crippen LogP contribution in [0.25, 0.3) is 0 Å². The fraction of sp³-hybridized carbons (Fsp3) is 0.750. The van der Waals surface area contributed by atoms with Crippen molar-refractivity contribution in [2.24, 2.45) is 23.7 Å². The van der Waals surface area contributed by atoms with E-state index in [9.17, 15) is 0 Å². The molecule has 28 heavy (non-hydrogen) atoms. The Morgan fingerprint density at radius 2 is 1.32 bits per heavy atom. The molecule has 2 saturated carbocycles. The molecule has 1 aromatic carbocycles. The predicted molar refractivity (Wildman–Crippen MR) is 113 cm³/mol. The van der Waals surface area contributed by atoms with Crippen LogP contribution >= 0.6 is 11.6 Å². The summed E-state index contributed by atoms with van der Waals surface area (Å²) in [7, 11) is 0. The molecule has 0 amide bonds. The van der Waals surface area contributed by atoms with E-state index < -0.39 is 0 Å². The zero-order valence-electron chi connectivity index (χ0n) is 17.0. The van der Waals surface area contributed by atoms with E-state index in [-0.39, 0.29) is 6.29 Å². The van der Waals surface area contributed by atoms with Gasteiger partial charge in [0.05, 0.1) is 19.8 Å². The van der Waals surface area contributed by atoms with Gasteiger partial charge in [-0.25, -0.2) is 0 Å². The molecule has 0 spiro atoms. The van der Waals surface area contributed by atoms with E-state index in [1.165, 1.54) is 57.8 Å². The fourth-order valence-electron chi connectivity index (χ4n) is 5.47. The molecular weight excluding hydrogens is 372 g/mol. The Morgan fingerprint density at radius 3 is 1.93 bits per heavy atom. The summed E-state index contributed by atoms with van der Waals surface area (Å²) in [5, 5.41) is 0.766. The topological polar surface area (TPSA) is 27.7 Å². The highest BCUT2D eigenvalue weighted by molar-refractivity contribution is 6.30. The number of halogens is 1. The summed E-state index contributed by atoms with van der Waals surface area (Å²) in [5.74, 6) is 4.48. The Bertz CT molecular complexity index is 568. The Balaban J connectivity index is 1.11. The van der Waals surface area contributed by atoms with E-state index in [1.807, 2.05) is 24.3 Å². The van der Waals surface area contributed by atoms with Crippen LogP contribution in [-0.4, -0.2) is 26.1 Å². The van der Waals surface area contributed by atoms with Crippen molar-refractivity contribution in [3.8, 4) is 5.75 Å². The smallest absolute Gasteiger partial charge is 0.157 e. The largest absolute Gasteiger partial charge is 0.493 e. The SMILES string of the molecule is Clc1ccc(OCC2CCC(C3CCC(CCC4OCCO4)CC3)CC2)cc1.